The molecule has 0 aliphatic carbocycles. The van der Waals surface area contributed by atoms with E-state index in [2.05, 4.69) is 31.5 Å². The Morgan fingerprint density at radius 3 is 1.10 bits per heavy atom. The number of carboxylic acid groups (broad SMARTS) is 1. The number of hydrogen-bond donors (Lipinski definition) is 6. The highest BCUT2D eigenvalue weighted by atomic mass is 35.5. The number of esters is 1. The van der Waals surface area contributed by atoms with Gasteiger partial charge < -0.3 is 51.0 Å². The first-order valence-electron chi connectivity index (χ1n) is 42.1. The van der Waals surface area contributed by atoms with Crippen LogP contribution in [0.2, 0.25) is 50.2 Å². The van der Waals surface area contributed by atoms with Crippen molar-refractivity contribution in [3.05, 3.63) is 368 Å². The summed E-state index contributed by atoms with van der Waals surface area (Å²) in [6.45, 7) is 24.6. The largest absolute Gasteiger partial charge is 0.477 e. The number of urea groups is 2. The number of carbonyl (C=O) groups is 5. The minimum atomic E-state index is -1.13. The van der Waals surface area contributed by atoms with E-state index >= 15 is 0 Å². The summed E-state index contributed by atoms with van der Waals surface area (Å²) in [5.41, 5.74) is 4.15. The highest BCUT2D eigenvalue weighted by Crippen LogP contribution is 2.59. The number of amides is 5. The molecule has 706 valence electrons. The third kappa shape index (κ3) is 21.5. The molecule has 7 aliphatic rings. The van der Waals surface area contributed by atoms with Gasteiger partial charge in [-0.15, -0.1) is 0 Å². The maximum Gasteiger partial charge on any atom is 0.419 e. The number of imide groups is 1. The Labute approximate surface area is 842 Å². The maximum absolute atomic E-state index is 14.4. The van der Waals surface area contributed by atoms with Crippen molar-refractivity contribution in [3.63, 3.8) is 0 Å². The quantitative estimate of drug-likeness (QED) is 0.0319. The highest BCUT2D eigenvalue weighted by Gasteiger charge is 2.58. The molecular weight excluding hydrogens is 2000 g/mol. The molecule has 0 saturated carbocycles. The number of carbonyl (C=O) groups excluding carboxylic acids is 4. The topological polar surface area (TPSA) is 219 Å². The molecule has 10 atom stereocenters. The van der Waals surface area contributed by atoms with Gasteiger partial charge in [0.25, 0.3) is 0 Å². The van der Waals surface area contributed by atoms with Gasteiger partial charge in [-0.2, -0.15) is 0 Å². The number of fused-ring (bicyclic) bond motifs is 2. The fourth-order valence-corrected chi connectivity index (χ4v) is 21.4. The van der Waals surface area contributed by atoms with Gasteiger partial charge in [0, 0.05) is 36.5 Å². The molecule has 0 bridgehead atoms. The molecule has 5 amide bonds. The third-order valence-electron chi connectivity index (χ3n) is 23.7. The monoisotopic (exact) mass is 2090 g/mol. The minimum absolute atomic E-state index is 0.0336. The molecule has 36 heteroatoms. The summed E-state index contributed by atoms with van der Waals surface area (Å²) < 4.78 is 81.4. The van der Waals surface area contributed by atoms with Gasteiger partial charge in [-0.1, -0.05) is 235 Å². The highest BCUT2D eigenvalue weighted by molar-refractivity contribution is 8.18. The summed E-state index contributed by atoms with van der Waals surface area (Å²) in [7, 11) is 0. The number of rotatable bonds is 15. The van der Waals surface area contributed by atoms with E-state index in [1.807, 2.05) is 133 Å². The van der Waals surface area contributed by atoms with Crippen molar-refractivity contribution in [1.82, 2.24) is 41.3 Å². The number of hydrogen-bond acceptors (Lipinski definition) is 14. The van der Waals surface area contributed by atoms with Crippen LogP contribution in [0.4, 0.5) is 36.3 Å². The van der Waals surface area contributed by atoms with Gasteiger partial charge in [-0.3, -0.25) is 0 Å². The van der Waals surface area contributed by atoms with Crippen LogP contribution in [0.15, 0.2) is 244 Å². The molecule has 0 spiro atoms. The van der Waals surface area contributed by atoms with E-state index in [1.165, 1.54) is 60.3 Å². The van der Waals surface area contributed by atoms with Crippen molar-refractivity contribution in [1.29, 1.82) is 0 Å². The van der Waals surface area contributed by atoms with E-state index < -0.39 is 86.5 Å². The van der Waals surface area contributed by atoms with Gasteiger partial charge in [-0.25, -0.2) is 60.8 Å². The number of benzene rings is 10. The van der Waals surface area contributed by atoms with Crippen molar-refractivity contribution in [2.45, 2.75) is 154 Å². The fourth-order valence-electron chi connectivity index (χ4n) is 17.3. The summed E-state index contributed by atoms with van der Waals surface area (Å²) in [5, 5.41) is 29.8. The van der Waals surface area contributed by atoms with Crippen LogP contribution in [-0.2, 0) is 46.8 Å². The molecule has 0 radical (unpaired) electrons. The number of carboxylic acids is 1. The second-order valence-corrected chi connectivity index (χ2v) is 41.4. The van der Waals surface area contributed by atoms with E-state index in [1.54, 1.807) is 126 Å². The first-order chi connectivity index (χ1) is 63.5. The molecule has 18 nitrogen and oxygen atoms in total. The van der Waals surface area contributed by atoms with Crippen LogP contribution in [0.3, 0.4) is 0 Å². The van der Waals surface area contributed by atoms with Crippen molar-refractivity contribution in [3.8, 4) is 0 Å². The van der Waals surface area contributed by atoms with Crippen LogP contribution in [0, 0.1) is 40.9 Å². The first kappa shape index (κ1) is 103. The smallest absolute Gasteiger partial charge is 0.419 e. The van der Waals surface area contributed by atoms with Gasteiger partial charge in [0.15, 0.2) is 15.4 Å². The number of nitrogens with one attached hydrogen (secondary N) is 5. The second-order valence-electron chi connectivity index (χ2n) is 34.9. The zero-order chi connectivity index (χ0) is 98.4. The lowest BCUT2D eigenvalue weighted by atomic mass is 9.81. The van der Waals surface area contributed by atoms with Gasteiger partial charge in [0.05, 0.1) is 78.5 Å². The Balaban J connectivity index is 0.000000144. The average molecular weight is 2090 g/mol. The predicted molar refractivity (Wildman–Crippen MR) is 534 cm³/mol. The number of halogens is 15. The summed E-state index contributed by atoms with van der Waals surface area (Å²) in [5.74, 6) is -3.94. The van der Waals surface area contributed by atoms with E-state index in [4.69, 9.17) is 148 Å². The number of allylic oxidation sites excluding steroid dienone is 2. The SMILES string of the molecule is CC(C)(C)OC(=O)N1C(=O)NC(C)(c2ccc(Cl)c(F)c2)C1c1ccc(Cl)cc1.CC(C)C1=C(C(=O)O)SC2=NC(C)(c3ccc(Cl)c(F)c3)C(c3ccc(Cl)cc3)N21.CC1(c2ccc(Cl)c(F)c2)NC(=O)NC1c1ccc(Cl)cc1.CC1(c2ccc(Cl)c(F)c2)NC(=S)NC1c1ccc(Cl)cc1.CCOC(=O)C1=C(C(C)C)N2C(=NC(C)(c3ccc(Cl)c(F)c3)C2c2ccc(Cl)cc2)S1. The number of thiocarbonyl (C=S) groups is 1. The maximum atomic E-state index is 14.4. The van der Waals surface area contributed by atoms with Crippen molar-refractivity contribution in [2.24, 2.45) is 21.8 Å². The summed E-state index contributed by atoms with van der Waals surface area (Å²) in [6.07, 6.45) is -0.798. The average Bonchev–Trinajstić information content (AvgIpc) is 1.55. The zero-order valence-corrected chi connectivity index (χ0v) is 84.4. The molecule has 0 aromatic heterocycles. The molecule has 10 unspecified atom stereocenters. The lowest BCUT2D eigenvalue weighted by Crippen LogP contribution is -2.41. The lowest BCUT2D eigenvalue weighted by molar-refractivity contribution is -0.137. The Hall–Kier alpha value is -9.49. The van der Waals surface area contributed by atoms with Crippen molar-refractivity contribution >= 4 is 197 Å². The molecule has 6 N–H and O–H groups in total. The molecule has 3 fully saturated rings. The van der Waals surface area contributed by atoms with E-state index in [-0.39, 0.29) is 78.0 Å². The summed E-state index contributed by atoms with van der Waals surface area (Å²) >= 11 is 67.0. The van der Waals surface area contributed by atoms with Crippen LogP contribution < -0.4 is 26.6 Å². The summed E-state index contributed by atoms with van der Waals surface area (Å²) in [6, 6.07) is 56.6. The normalized spacial score (nSPS) is 23.0. The first-order valence-corrected chi connectivity index (χ1v) is 47.9. The predicted octanol–water partition coefficient (Wildman–Crippen LogP) is 28.4. The van der Waals surface area contributed by atoms with Crippen LogP contribution in [-0.4, -0.2) is 77.6 Å². The van der Waals surface area contributed by atoms with E-state index in [0.29, 0.717) is 85.6 Å². The molecule has 10 aromatic rings. The van der Waals surface area contributed by atoms with E-state index in [0.717, 1.165) is 50.2 Å². The number of nitrogens with zero attached hydrogens (tertiary/aromatic N) is 5. The van der Waals surface area contributed by atoms with Gasteiger partial charge in [-0.05, 0) is 287 Å². The van der Waals surface area contributed by atoms with Crippen LogP contribution >= 0.6 is 152 Å². The molecule has 3 saturated heterocycles. The number of amidine groups is 2. The molecular formula is C99H89Cl10F5N10O8S3. The molecule has 7 heterocycles. The molecule has 7 aliphatic heterocycles. The lowest BCUT2D eigenvalue weighted by Gasteiger charge is -2.37. The van der Waals surface area contributed by atoms with Crippen molar-refractivity contribution < 1.29 is 60.5 Å². The van der Waals surface area contributed by atoms with Crippen LogP contribution in [0.25, 0.3) is 0 Å². The van der Waals surface area contributed by atoms with Gasteiger partial charge in [0.1, 0.15) is 55.6 Å². The Morgan fingerprint density at radius 2 is 0.756 bits per heavy atom. The van der Waals surface area contributed by atoms with Crippen LogP contribution in [0.5, 0.6) is 0 Å². The Kier molecular flexibility index (Phi) is 31.5. The number of ether oxygens (including phenoxy) is 2. The Bertz CT molecular complexity index is 6310. The number of thioether (sulfide) groups is 2. The number of aliphatic carboxylic acids is 1. The zero-order valence-electron chi connectivity index (χ0n) is 74.4. The third-order valence-corrected chi connectivity index (χ3v) is 28.9. The Morgan fingerprint density at radius 1 is 0.444 bits per heavy atom. The van der Waals surface area contributed by atoms with Gasteiger partial charge >= 0.3 is 30.1 Å². The minimum Gasteiger partial charge on any atom is -0.477 e. The fraction of sp³-hybridized carbons (Fsp3) is 0.273. The molecule has 10 aromatic carbocycles. The van der Waals surface area contributed by atoms with Crippen molar-refractivity contribution in [2.75, 3.05) is 6.61 Å². The summed E-state index contributed by atoms with van der Waals surface area (Å²) in [4.78, 5) is 78.1. The molecule has 135 heavy (non-hydrogen) atoms. The standard InChI is InChI=1S/C24H23Cl2FN2O2S.C22H19Cl2FN2O2S.C21H21Cl2FN2O3.C16H13Cl2FN2O.C16H13Cl2FN2S/c1-5-31-22(30)20-19(13(2)3)29-21(14-6-9-16(25)10-7-14)24(4,28-23(29)32-20)15-8-11-17(26)18(27)12-15;1-11(2)17-18(20(28)29)30-21-26-22(3,13-6-9-15(24)16(25)10-13)19(27(17)21)12-4-7-14(23)8-5-12;1-20(2,3)29-19(28)26-17(12-5-8-14(22)9-6-12)21(4,25-18(26)27)13-7-10-15(23)16(24)11-13;2*1-16(10-4-7-12(18)13(19)8-10)14(20-15(22)21-16)9-2-5-11(17)6-3-9/h6-13,21H,5H2,1-4H3;4-11,19H,1-3H3,(H,28,29);5-11,17H,1-4H3,(H,25,27);2*2-8,14H,1H3,(H2,20,21,22). The van der Waals surface area contributed by atoms with Gasteiger partial charge in [0.2, 0.25) is 0 Å². The molecule has 17 rings (SSSR count). The number of aliphatic imine (C=N–C) groups is 2. The second kappa shape index (κ2) is 41.3. The van der Waals surface area contributed by atoms with Crippen LogP contribution in [0.1, 0.15) is 176 Å². The van der Waals surface area contributed by atoms with E-state index in [9.17, 15) is 51.0 Å².